The first-order chi connectivity index (χ1) is 20.2. The number of amides is 4. The third-order valence-corrected chi connectivity index (χ3v) is 9.71. The average Bonchev–Trinajstić information content (AvgIpc) is 3.66. The summed E-state index contributed by atoms with van der Waals surface area (Å²) in [6, 6.07) is 1.49. The number of halogens is 2. The van der Waals surface area contributed by atoms with Crippen molar-refractivity contribution >= 4 is 42.1 Å². The minimum absolute atomic E-state index is 0.0894. The zero-order chi connectivity index (χ0) is 31.3. The molecule has 1 aromatic heterocycles. The monoisotopic (exact) mass is 624 g/mol. The summed E-state index contributed by atoms with van der Waals surface area (Å²) in [7, 11) is -5.80. The van der Waals surface area contributed by atoms with Crippen molar-refractivity contribution in [3.63, 3.8) is 0 Å². The highest BCUT2D eigenvalue weighted by Gasteiger charge is 2.50. The van der Waals surface area contributed by atoms with Crippen LogP contribution in [0.4, 0.5) is 8.78 Å². The standard InChI is InChI=1S/C27H35F2N6O7P/c1-14(36)34-10-9-17-6-8-23(25(38)32-20-4-2-3-18(20)30)35(17)26(39)22(13-34)33-24(37)21-12-15-11-16(5-7-19(15)31-21)27(28,29)43(40,41)42/h5,7,11-12,17-18,20,22-23,31H,2-4,6,8-10,13,30H2,1H3,(H,32,38)(H,33,37)(H2,40,41,42)/t17-,18-,20+,22+,23+/m1/s1. The highest BCUT2D eigenvalue weighted by atomic mass is 31.2. The zero-order valence-corrected chi connectivity index (χ0v) is 24.4. The molecular formula is C27H35F2N6O7P. The average molecular weight is 625 g/mol. The molecule has 2 aliphatic heterocycles. The molecule has 0 bridgehead atoms. The molecular weight excluding hydrogens is 589 g/mol. The van der Waals surface area contributed by atoms with E-state index in [4.69, 9.17) is 15.5 Å². The number of aromatic amines is 1. The number of nitrogens with two attached hydrogens (primary N) is 1. The molecule has 3 heterocycles. The Bertz CT molecular complexity index is 1500. The molecule has 16 heteroatoms. The third-order valence-electron chi connectivity index (χ3n) is 8.72. The van der Waals surface area contributed by atoms with Crippen molar-refractivity contribution in [1.29, 1.82) is 0 Å². The number of alkyl halides is 2. The molecule has 4 amide bonds. The van der Waals surface area contributed by atoms with Crippen LogP contribution in [0.15, 0.2) is 24.3 Å². The van der Waals surface area contributed by atoms with Gasteiger partial charge in [0, 0.05) is 54.6 Å². The first-order valence-corrected chi connectivity index (χ1v) is 15.8. The van der Waals surface area contributed by atoms with Crippen LogP contribution >= 0.6 is 7.60 Å². The van der Waals surface area contributed by atoms with Crippen LogP contribution in [0.2, 0.25) is 0 Å². The van der Waals surface area contributed by atoms with Gasteiger partial charge in [-0.15, -0.1) is 0 Å². The smallest absolute Gasteiger partial charge is 0.351 e. The van der Waals surface area contributed by atoms with Crippen LogP contribution in [0.1, 0.15) is 61.5 Å². The number of benzene rings is 1. The maximum Gasteiger partial charge on any atom is 0.399 e. The van der Waals surface area contributed by atoms with E-state index < -0.39 is 42.7 Å². The maximum absolute atomic E-state index is 14.2. The van der Waals surface area contributed by atoms with Gasteiger partial charge in [0.25, 0.3) is 5.91 Å². The molecule has 7 N–H and O–H groups in total. The summed E-state index contributed by atoms with van der Waals surface area (Å²) >= 11 is 0. The molecule has 3 aliphatic rings. The molecule has 13 nitrogen and oxygen atoms in total. The lowest BCUT2D eigenvalue weighted by molar-refractivity contribution is -0.145. The first-order valence-electron chi connectivity index (χ1n) is 14.2. The number of nitrogens with zero attached hydrogens (tertiary/aromatic N) is 2. The fraction of sp³-hybridized carbons (Fsp3) is 0.556. The predicted molar refractivity (Wildman–Crippen MR) is 150 cm³/mol. The summed E-state index contributed by atoms with van der Waals surface area (Å²) in [6.07, 6.45) is 3.91. The Balaban J connectivity index is 1.38. The lowest BCUT2D eigenvalue weighted by Gasteiger charge is -2.38. The van der Waals surface area contributed by atoms with E-state index in [2.05, 4.69) is 15.6 Å². The number of H-pyrrole nitrogens is 1. The SMILES string of the molecule is CC(=O)N1CC[C@H]2CC[C@@H](C(=O)N[C@H]3CCC[C@H]3N)N2C(=O)[C@@H](NC(=O)c2cc3cc(C(F)(F)P(=O)(O)O)ccc3[nH]2)C1. The van der Waals surface area contributed by atoms with Crippen molar-refractivity contribution in [3.05, 3.63) is 35.5 Å². The van der Waals surface area contributed by atoms with Gasteiger partial charge in [0.1, 0.15) is 17.8 Å². The lowest BCUT2D eigenvalue weighted by atomic mass is 10.1. The molecule has 5 atom stereocenters. The molecule has 1 aromatic carbocycles. The van der Waals surface area contributed by atoms with E-state index in [1.807, 2.05) is 0 Å². The molecule has 1 saturated carbocycles. The normalized spacial score (nSPS) is 26.7. The number of rotatable bonds is 6. The third kappa shape index (κ3) is 6.03. The van der Waals surface area contributed by atoms with Gasteiger partial charge in [-0.25, -0.2) is 0 Å². The van der Waals surface area contributed by atoms with Crippen molar-refractivity contribution in [2.24, 2.45) is 5.73 Å². The Hall–Kier alpha value is -3.39. The number of carbonyl (C=O) groups excluding carboxylic acids is 4. The summed E-state index contributed by atoms with van der Waals surface area (Å²) < 4.78 is 39.8. The van der Waals surface area contributed by atoms with Crippen LogP contribution < -0.4 is 16.4 Å². The highest BCUT2D eigenvalue weighted by molar-refractivity contribution is 7.52. The van der Waals surface area contributed by atoms with Crippen LogP contribution in [0.25, 0.3) is 10.9 Å². The molecule has 2 saturated heterocycles. The summed E-state index contributed by atoms with van der Waals surface area (Å²) in [5, 5.41) is 5.72. The van der Waals surface area contributed by atoms with E-state index in [-0.39, 0.29) is 53.1 Å². The van der Waals surface area contributed by atoms with Crippen LogP contribution in [0, 0.1) is 0 Å². The van der Waals surface area contributed by atoms with Crippen LogP contribution in [0.3, 0.4) is 0 Å². The molecule has 3 fully saturated rings. The number of carbonyl (C=O) groups is 4. The quantitative estimate of drug-likeness (QED) is 0.257. The Labute approximate surface area is 245 Å². The Morgan fingerprint density at radius 2 is 1.84 bits per heavy atom. The van der Waals surface area contributed by atoms with Gasteiger partial charge in [0.05, 0.1) is 0 Å². The Morgan fingerprint density at radius 3 is 2.49 bits per heavy atom. The van der Waals surface area contributed by atoms with Gasteiger partial charge in [0.15, 0.2) is 0 Å². The van der Waals surface area contributed by atoms with E-state index in [0.717, 1.165) is 37.5 Å². The largest absolute Gasteiger partial charge is 0.399 e. The predicted octanol–water partition coefficient (Wildman–Crippen LogP) is 1.10. The molecule has 43 heavy (non-hydrogen) atoms. The lowest BCUT2D eigenvalue weighted by Crippen LogP contribution is -2.61. The number of aromatic nitrogens is 1. The van der Waals surface area contributed by atoms with Crippen LogP contribution in [-0.4, -0.2) is 91.5 Å². The summed E-state index contributed by atoms with van der Waals surface area (Å²) in [4.78, 5) is 76.8. The van der Waals surface area contributed by atoms with E-state index >= 15 is 0 Å². The van der Waals surface area contributed by atoms with Crippen molar-refractivity contribution in [2.45, 2.75) is 81.3 Å². The van der Waals surface area contributed by atoms with Gasteiger partial charge in [-0.2, -0.15) is 8.78 Å². The van der Waals surface area contributed by atoms with E-state index in [1.54, 1.807) is 0 Å². The maximum atomic E-state index is 14.2. The Morgan fingerprint density at radius 1 is 1.09 bits per heavy atom. The molecule has 0 unspecified atom stereocenters. The molecule has 234 valence electrons. The van der Waals surface area contributed by atoms with Crippen molar-refractivity contribution in [2.75, 3.05) is 13.1 Å². The summed E-state index contributed by atoms with van der Waals surface area (Å²) in [5.41, 5.74) is 0.919. The fourth-order valence-corrected chi connectivity index (χ4v) is 6.79. The van der Waals surface area contributed by atoms with E-state index in [9.17, 15) is 32.5 Å². The number of nitrogens with one attached hydrogen (secondary N) is 3. The van der Waals surface area contributed by atoms with E-state index in [1.165, 1.54) is 22.8 Å². The Kier molecular flexibility index (Phi) is 8.38. The zero-order valence-electron chi connectivity index (χ0n) is 23.5. The second-order valence-corrected chi connectivity index (χ2v) is 13.2. The van der Waals surface area contributed by atoms with Crippen molar-refractivity contribution in [3.8, 4) is 0 Å². The fourth-order valence-electron chi connectivity index (χ4n) is 6.32. The van der Waals surface area contributed by atoms with Crippen LogP contribution in [0.5, 0.6) is 0 Å². The van der Waals surface area contributed by atoms with Crippen molar-refractivity contribution < 1.29 is 42.3 Å². The number of fused-ring (bicyclic) bond motifs is 2. The number of hydrogen-bond acceptors (Lipinski definition) is 6. The van der Waals surface area contributed by atoms with E-state index in [0.29, 0.717) is 25.8 Å². The first kappa shape index (κ1) is 31.0. The molecule has 0 spiro atoms. The van der Waals surface area contributed by atoms with Gasteiger partial charge >= 0.3 is 13.3 Å². The van der Waals surface area contributed by atoms with Crippen LogP contribution in [-0.2, 0) is 24.6 Å². The molecule has 2 aromatic rings. The molecule has 0 radical (unpaired) electrons. The topological polar surface area (TPSA) is 198 Å². The minimum atomic E-state index is -5.80. The van der Waals surface area contributed by atoms with Crippen molar-refractivity contribution in [1.82, 2.24) is 25.4 Å². The molecule has 5 rings (SSSR count). The number of hydrogen-bond donors (Lipinski definition) is 6. The van der Waals surface area contributed by atoms with Gasteiger partial charge < -0.3 is 40.9 Å². The van der Waals surface area contributed by atoms with Gasteiger partial charge in [-0.1, -0.05) is 6.07 Å². The highest BCUT2D eigenvalue weighted by Crippen LogP contribution is 2.59. The van der Waals surface area contributed by atoms with Gasteiger partial charge in [-0.05, 0) is 56.7 Å². The second kappa shape index (κ2) is 11.6. The van der Waals surface area contributed by atoms with Gasteiger partial charge in [0.2, 0.25) is 17.7 Å². The summed E-state index contributed by atoms with van der Waals surface area (Å²) in [6.45, 7) is 1.55. The minimum Gasteiger partial charge on any atom is -0.351 e. The second-order valence-electron chi connectivity index (χ2n) is 11.6. The van der Waals surface area contributed by atoms with Gasteiger partial charge in [-0.3, -0.25) is 23.7 Å². The summed E-state index contributed by atoms with van der Waals surface area (Å²) in [5.74, 6) is -1.87. The molecule has 1 aliphatic carbocycles.